The quantitative estimate of drug-likeness (QED) is 0.792. The summed E-state index contributed by atoms with van der Waals surface area (Å²) in [7, 11) is 1.53. The van der Waals surface area contributed by atoms with Gasteiger partial charge in [0.2, 0.25) is 0 Å². The van der Waals surface area contributed by atoms with E-state index in [1.807, 2.05) is 0 Å². The summed E-state index contributed by atoms with van der Waals surface area (Å²) >= 11 is 5.83. The molecule has 1 amide bonds. The summed E-state index contributed by atoms with van der Waals surface area (Å²) in [5, 5.41) is 11.2. The average molecular weight is 258 g/mol. The number of nitrogens with one attached hydrogen (secondary N) is 1. The first kappa shape index (κ1) is 13.3. The van der Waals surface area contributed by atoms with Crippen molar-refractivity contribution in [3.63, 3.8) is 0 Å². The van der Waals surface area contributed by atoms with Gasteiger partial charge in [-0.05, 0) is 30.2 Å². The molecule has 1 aromatic rings. The monoisotopic (exact) mass is 257 g/mol. The number of rotatable bonds is 4. The molecular formula is C11H12ClNO4. The maximum Gasteiger partial charge on any atom is 0.394 e. The Kier molecular flexibility index (Phi) is 4.78. The minimum Gasteiger partial charge on any atom is -0.496 e. The molecule has 0 unspecified atom stereocenters. The second-order valence-corrected chi connectivity index (χ2v) is 3.70. The third-order valence-electron chi connectivity index (χ3n) is 2.12. The van der Waals surface area contributed by atoms with Crippen LogP contribution >= 0.6 is 11.6 Å². The van der Waals surface area contributed by atoms with Crippen molar-refractivity contribution in [1.82, 2.24) is 5.32 Å². The normalized spacial score (nSPS) is 9.76. The van der Waals surface area contributed by atoms with E-state index in [2.05, 4.69) is 5.32 Å². The number of aliphatic carboxylic acids is 1. The molecule has 0 aliphatic carbocycles. The van der Waals surface area contributed by atoms with Gasteiger partial charge in [-0.25, -0.2) is 4.79 Å². The minimum atomic E-state index is -1.50. The van der Waals surface area contributed by atoms with Crippen molar-refractivity contribution in [2.24, 2.45) is 0 Å². The minimum absolute atomic E-state index is 0.210. The molecule has 92 valence electrons. The molecule has 2 N–H and O–H groups in total. The third-order valence-corrected chi connectivity index (χ3v) is 2.35. The molecule has 0 heterocycles. The number of carbonyl (C=O) groups is 2. The van der Waals surface area contributed by atoms with Crippen molar-refractivity contribution in [2.45, 2.75) is 6.42 Å². The first-order valence-electron chi connectivity index (χ1n) is 4.88. The topological polar surface area (TPSA) is 75.6 Å². The number of carbonyl (C=O) groups excluding carboxylic acids is 1. The number of carboxylic acids is 1. The molecule has 6 heteroatoms. The van der Waals surface area contributed by atoms with E-state index in [1.165, 1.54) is 7.11 Å². The Morgan fingerprint density at radius 3 is 2.76 bits per heavy atom. The van der Waals surface area contributed by atoms with Gasteiger partial charge in [0.25, 0.3) is 0 Å². The number of methoxy groups -OCH3 is 1. The zero-order chi connectivity index (χ0) is 12.8. The number of ether oxygens (including phenoxy) is 1. The Morgan fingerprint density at radius 2 is 2.18 bits per heavy atom. The number of carboxylic acid groups (broad SMARTS) is 1. The van der Waals surface area contributed by atoms with Gasteiger partial charge in [-0.2, -0.15) is 0 Å². The molecule has 0 saturated heterocycles. The first-order valence-corrected chi connectivity index (χ1v) is 5.26. The molecule has 0 aliphatic heterocycles. The molecular weight excluding hydrogens is 246 g/mol. The van der Waals surface area contributed by atoms with Crippen molar-refractivity contribution in [3.8, 4) is 5.75 Å². The van der Waals surface area contributed by atoms with Crippen LogP contribution in [0.4, 0.5) is 0 Å². The largest absolute Gasteiger partial charge is 0.496 e. The van der Waals surface area contributed by atoms with Crippen LogP contribution < -0.4 is 10.1 Å². The molecule has 0 radical (unpaired) electrons. The third kappa shape index (κ3) is 3.96. The SMILES string of the molecule is COc1ccc(Cl)cc1CCNC(=O)C(=O)O. The molecule has 1 aromatic carbocycles. The van der Waals surface area contributed by atoms with Crippen LogP contribution in [-0.4, -0.2) is 30.6 Å². The fourth-order valence-corrected chi connectivity index (χ4v) is 1.52. The highest BCUT2D eigenvalue weighted by Gasteiger charge is 2.10. The lowest BCUT2D eigenvalue weighted by atomic mass is 10.1. The van der Waals surface area contributed by atoms with Gasteiger partial charge < -0.3 is 15.2 Å². The maximum atomic E-state index is 10.8. The van der Waals surface area contributed by atoms with Crippen LogP contribution in [0.1, 0.15) is 5.56 Å². The Hall–Kier alpha value is -1.75. The van der Waals surface area contributed by atoms with Crippen LogP contribution in [0, 0.1) is 0 Å². The highest BCUT2D eigenvalue weighted by molar-refractivity contribution is 6.31. The molecule has 17 heavy (non-hydrogen) atoms. The van der Waals surface area contributed by atoms with E-state index in [0.717, 1.165) is 5.56 Å². The van der Waals surface area contributed by atoms with Gasteiger partial charge in [0.05, 0.1) is 7.11 Å². The van der Waals surface area contributed by atoms with Gasteiger partial charge in [-0.1, -0.05) is 11.6 Å². The van der Waals surface area contributed by atoms with E-state index in [-0.39, 0.29) is 6.54 Å². The van der Waals surface area contributed by atoms with Crippen molar-refractivity contribution in [3.05, 3.63) is 28.8 Å². The lowest BCUT2D eigenvalue weighted by molar-refractivity contribution is -0.150. The Labute approximate surface area is 103 Å². The highest BCUT2D eigenvalue weighted by Crippen LogP contribution is 2.22. The molecule has 0 atom stereocenters. The summed E-state index contributed by atoms with van der Waals surface area (Å²) in [6, 6.07) is 5.13. The fraction of sp³-hybridized carbons (Fsp3) is 0.273. The van der Waals surface area contributed by atoms with Gasteiger partial charge in [0, 0.05) is 11.6 Å². The highest BCUT2D eigenvalue weighted by atomic mass is 35.5. The van der Waals surface area contributed by atoms with Crippen molar-refractivity contribution in [1.29, 1.82) is 0 Å². The zero-order valence-electron chi connectivity index (χ0n) is 9.20. The second kappa shape index (κ2) is 6.10. The smallest absolute Gasteiger partial charge is 0.394 e. The van der Waals surface area contributed by atoms with Crippen LogP contribution in [0.2, 0.25) is 5.02 Å². The van der Waals surface area contributed by atoms with Gasteiger partial charge in [-0.3, -0.25) is 4.79 Å². The van der Waals surface area contributed by atoms with Crippen molar-refractivity contribution in [2.75, 3.05) is 13.7 Å². The Morgan fingerprint density at radius 1 is 1.47 bits per heavy atom. The molecule has 0 bridgehead atoms. The average Bonchev–Trinajstić information content (AvgIpc) is 2.29. The molecule has 0 fully saturated rings. The van der Waals surface area contributed by atoms with Crippen LogP contribution in [0.3, 0.4) is 0 Å². The molecule has 0 aromatic heterocycles. The van der Waals surface area contributed by atoms with Crippen LogP contribution in [0.15, 0.2) is 18.2 Å². The molecule has 0 saturated carbocycles. The molecule has 0 aliphatic rings. The van der Waals surface area contributed by atoms with Crippen LogP contribution in [0.25, 0.3) is 0 Å². The van der Waals surface area contributed by atoms with Crippen LogP contribution in [0.5, 0.6) is 5.75 Å². The van der Waals surface area contributed by atoms with Gasteiger partial charge in [0.1, 0.15) is 5.75 Å². The van der Waals surface area contributed by atoms with E-state index in [9.17, 15) is 9.59 Å². The van der Waals surface area contributed by atoms with Gasteiger partial charge in [0.15, 0.2) is 0 Å². The Balaban J connectivity index is 2.59. The molecule has 5 nitrogen and oxygen atoms in total. The number of amides is 1. The van der Waals surface area contributed by atoms with Crippen LogP contribution in [-0.2, 0) is 16.0 Å². The predicted octanol–water partition coefficient (Wildman–Crippen LogP) is 1.09. The predicted molar refractivity (Wildman–Crippen MR) is 62.4 cm³/mol. The lowest BCUT2D eigenvalue weighted by Gasteiger charge is -2.08. The second-order valence-electron chi connectivity index (χ2n) is 3.27. The number of benzene rings is 1. The first-order chi connectivity index (χ1) is 8.04. The summed E-state index contributed by atoms with van der Waals surface area (Å²) in [5.41, 5.74) is 0.811. The van der Waals surface area contributed by atoms with Crippen molar-refractivity contribution >= 4 is 23.5 Å². The number of hydrogen-bond donors (Lipinski definition) is 2. The molecule has 1 rings (SSSR count). The lowest BCUT2D eigenvalue weighted by Crippen LogP contribution is -2.32. The standard InChI is InChI=1S/C11H12ClNO4/c1-17-9-3-2-8(12)6-7(9)4-5-13-10(14)11(15)16/h2-3,6H,4-5H2,1H3,(H,13,14)(H,15,16). The Bertz CT molecular complexity index is 433. The van der Waals surface area contributed by atoms with E-state index >= 15 is 0 Å². The van der Waals surface area contributed by atoms with E-state index in [1.54, 1.807) is 18.2 Å². The number of hydrogen-bond acceptors (Lipinski definition) is 3. The van der Waals surface area contributed by atoms with E-state index in [0.29, 0.717) is 17.2 Å². The summed E-state index contributed by atoms with van der Waals surface area (Å²) in [6.45, 7) is 0.210. The van der Waals surface area contributed by atoms with Gasteiger partial charge >= 0.3 is 11.9 Å². The number of halogens is 1. The van der Waals surface area contributed by atoms with E-state index < -0.39 is 11.9 Å². The maximum absolute atomic E-state index is 10.8. The fourth-order valence-electron chi connectivity index (χ4n) is 1.33. The van der Waals surface area contributed by atoms with E-state index in [4.69, 9.17) is 21.4 Å². The molecule has 0 spiro atoms. The van der Waals surface area contributed by atoms with Crippen molar-refractivity contribution < 1.29 is 19.4 Å². The zero-order valence-corrected chi connectivity index (χ0v) is 9.95. The summed E-state index contributed by atoms with van der Waals surface area (Å²) in [4.78, 5) is 21.0. The summed E-state index contributed by atoms with van der Waals surface area (Å²) in [6.07, 6.45) is 0.447. The summed E-state index contributed by atoms with van der Waals surface area (Å²) in [5.74, 6) is -1.87. The summed E-state index contributed by atoms with van der Waals surface area (Å²) < 4.78 is 5.12. The van der Waals surface area contributed by atoms with Gasteiger partial charge in [-0.15, -0.1) is 0 Å².